The van der Waals surface area contributed by atoms with Gasteiger partial charge in [-0.1, -0.05) is 12.2 Å². The standard InChI is InChI=1S/C11H14N6O/c12-9-8-10(16-11(13)15-9)17(5-14-8)7-2-1-6(3-7)4-18/h1-2,5-7,18H,3-4H2,(H4,12,13,15,16)/t6?,7-/m1/s1. The molecule has 7 nitrogen and oxygen atoms in total. The summed E-state index contributed by atoms with van der Waals surface area (Å²) in [6, 6.07) is 0.126. The molecule has 1 aliphatic carbocycles. The van der Waals surface area contributed by atoms with Gasteiger partial charge in [0.2, 0.25) is 5.95 Å². The number of nitrogens with two attached hydrogens (primary N) is 2. The van der Waals surface area contributed by atoms with Crippen LogP contribution in [0.25, 0.3) is 11.2 Å². The molecule has 2 aromatic heterocycles. The van der Waals surface area contributed by atoms with E-state index in [2.05, 4.69) is 15.0 Å². The maximum Gasteiger partial charge on any atom is 0.224 e. The van der Waals surface area contributed by atoms with Crippen LogP contribution in [-0.2, 0) is 0 Å². The summed E-state index contributed by atoms with van der Waals surface area (Å²) in [6.07, 6.45) is 6.55. The third-order valence-electron chi connectivity index (χ3n) is 3.21. The van der Waals surface area contributed by atoms with Gasteiger partial charge in [0.25, 0.3) is 0 Å². The van der Waals surface area contributed by atoms with Crippen molar-refractivity contribution in [1.82, 2.24) is 19.5 Å². The largest absolute Gasteiger partial charge is 0.396 e. The molecule has 0 amide bonds. The van der Waals surface area contributed by atoms with Gasteiger partial charge in [0.15, 0.2) is 11.5 Å². The Hall–Kier alpha value is -2.15. The number of aromatic nitrogens is 4. The molecule has 2 aromatic rings. The number of nitrogen functional groups attached to an aromatic ring is 2. The van der Waals surface area contributed by atoms with Gasteiger partial charge in [-0.3, -0.25) is 0 Å². The minimum Gasteiger partial charge on any atom is -0.396 e. The molecule has 2 atom stereocenters. The third-order valence-corrected chi connectivity index (χ3v) is 3.21. The highest BCUT2D eigenvalue weighted by Gasteiger charge is 2.22. The summed E-state index contributed by atoms with van der Waals surface area (Å²) in [5.74, 6) is 0.614. The van der Waals surface area contributed by atoms with Crippen LogP contribution in [0.1, 0.15) is 12.5 Å². The molecule has 2 heterocycles. The quantitative estimate of drug-likeness (QED) is 0.647. The number of aliphatic hydroxyl groups excluding tert-OH is 1. The lowest BCUT2D eigenvalue weighted by atomic mass is 10.1. The van der Waals surface area contributed by atoms with E-state index in [0.717, 1.165) is 6.42 Å². The maximum absolute atomic E-state index is 9.14. The highest BCUT2D eigenvalue weighted by molar-refractivity contribution is 5.82. The van der Waals surface area contributed by atoms with E-state index >= 15 is 0 Å². The minimum atomic E-state index is 0.126. The van der Waals surface area contributed by atoms with Crippen LogP contribution >= 0.6 is 0 Å². The number of fused-ring (bicyclic) bond motifs is 1. The predicted octanol–water partition coefficient (Wildman–Crippen LogP) is 0.100. The second-order valence-electron chi connectivity index (χ2n) is 4.42. The number of aliphatic hydroxyl groups is 1. The lowest BCUT2D eigenvalue weighted by Gasteiger charge is -2.12. The van der Waals surface area contributed by atoms with Crippen LogP contribution in [0, 0.1) is 5.92 Å². The molecule has 94 valence electrons. The van der Waals surface area contributed by atoms with Gasteiger partial charge in [0.05, 0.1) is 12.4 Å². The molecule has 0 fully saturated rings. The number of hydrogen-bond donors (Lipinski definition) is 3. The molecule has 0 radical (unpaired) electrons. The van der Waals surface area contributed by atoms with Gasteiger partial charge in [-0.2, -0.15) is 9.97 Å². The van der Waals surface area contributed by atoms with Crippen LogP contribution in [-0.4, -0.2) is 31.2 Å². The summed E-state index contributed by atoms with van der Waals surface area (Å²) >= 11 is 0. The summed E-state index contributed by atoms with van der Waals surface area (Å²) < 4.78 is 1.91. The molecule has 18 heavy (non-hydrogen) atoms. The highest BCUT2D eigenvalue weighted by Crippen LogP contribution is 2.30. The molecule has 0 aromatic carbocycles. The molecule has 0 spiro atoms. The summed E-state index contributed by atoms with van der Waals surface area (Å²) in [5, 5.41) is 9.14. The van der Waals surface area contributed by atoms with Crippen molar-refractivity contribution < 1.29 is 5.11 Å². The van der Waals surface area contributed by atoms with Crippen LogP contribution < -0.4 is 11.5 Å². The molecule has 0 saturated heterocycles. The van der Waals surface area contributed by atoms with E-state index in [-0.39, 0.29) is 30.3 Å². The molecule has 0 bridgehead atoms. The Bertz CT molecular complexity index is 619. The van der Waals surface area contributed by atoms with Crippen molar-refractivity contribution in [2.75, 3.05) is 18.1 Å². The molecule has 0 saturated carbocycles. The minimum absolute atomic E-state index is 0.126. The molecule has 1 aliphatic rings. The molecule has 0 aliphatic heterocycles. The number of imidazole rings is 1. The first-order chi connectivity index (χ1) is 8.69. The topological polar surface area (TPSA) is 116 Å². The van der Waals surface area contributed by atoms with Crippen molar-refractivity contribution in [3.05, 3.63) is 18.5 Å². The van der Waals surface area contributed by atoms with Crippen LogP contribution in [0.3, 0.4) is 0 Å². The first kappa shape index (κ1) is 11.0. The average molecular weight is 246 g/mol. The van der Waals surface area contributed by atoms with Gasteiger partial charge >= 0.3 is 0 Å². The zero-order valence-corrected chi connectivity index (χ0v) is 9.69. The van der Waals surface area contributed by atoms with Crippen LogP contribution in [0.15, 0.2) is 18.5 Å². The molecule has 3 rings (SSSR count). The highest BCUT2D eigenvalue weighted by atomic mass is 16.3. The monoisotopic (exact) mass is 246 g/mol. The zero-order chi connectivity index (χ0) is 12.7. The Balaban J connectivity index is 2.06. The van der Waals surface area contributed by atoms with Crippen molar-refractivity contribution in [2.24, 2.45) is 5.92 Å². The first-order valence-electron chi connectivity index (χ1n) is 5.73. The Morgan fingerprint density at radius 2 is 2.17 bits per heavy atom. The van der Waals surface area contributed by atoms with E-state index in [1.807, 2.05) is 16.7 Å². The van der Waals surface area contributed by atoms with E-state index in [0.29, 0.717) is 11.2 Å². The van der Waals surface area contributed by atoms with E-state index in [1.165, 1.54) is 0 Å². The molecular weight excluding hydrogens is 232 g/mol. The maximum atomic E-state index is 9.14. The Kier molecular flexibility index (Phi) is 2.41. The fourth-order valence-electron chi connectivity index (χ4n) is 2.29. The molecule has 7 heteroatoms. The van der Waals surface area contributed by atoms with E-state index in [9.17, 15) is 0 Å². The van der Waals surface area contributed by atoms with Gasteiger partial charge in [-0.15, -0.1) is 0 Å². The Labute approximate surface area is 103 Å². The molecular formula is C11H14N6O. The number of hydrogen-bond acceptors (Lipinski definition) is 6. The zero-order valence-electron chi connectivity index (χ0n) is 9.69. The second-order valence-corrected chi connectivity index (χ2v) is 4.42. The molecule has 5 N–H and O–H groups in total. The number of rotatable bonds is 2. The summed E-state index contributed by atoms with van der Waals surface area (Å²) in [7, 11) is 0. The van der Waals surface area contributed by atoms with Crippen LogP contribution in [0.4, 0.5) is 11.8 Å². The van der Waals surface area contributed by atoms with Crippen LogP contribution in [0.5, 0.6) is 0 Å². The fraction of sp³-hybridized carbons (Fsp3) is 0.364. The number of anilines is 2. The van der Waals surface area contributed by atoms with Crippen molar-refractivity contribution in [3.8, 4) is 0 Å². The number of nitrogens with zero attached hydrogens (tertiary/aromatic N) is 4. The van der Waals surface area contributed by atoms with Gasteiger partial charge < -0.3 is 21.1 Å². The summed E-state index contributed by atoms with van der Waals surface area (Å²) in [6.45, 7) is 0.152. The lowest BCUT2D eigenvalue weighted by molar-refractivity contribution is 0.244. The van der Waals surface area contributed by atoms with Crippen molar-refractivity contribution in [3.63, 3.8) is 0 Å². The van der Waals surface area contributed by atoms with E-state index in [4.69, 9.17) is 16.6 Å². The Morgan fingerprint density at radius 1 is 1.33 bits per heavy atom. The normalized spacial score (nSPS) is 22.9. The average Bonchev–Trinajstić information content (AvgIpc) is 2.93. The first-order valence-corrected chi connectivity index (χ1v) is 5.73. The SMILES string of the molecule is Nc1nc(N)c2ncn([C@@H]3C=CC(CO)C3)c2n1. The summed E-state index contributed by atoms with van der Waals surface area (Å²) in [4.78, 5) is 12.3. The third kappa shape index (κ3) is 1.60. The van der Waals surface area contributed by atoms with E-state index in [1.54, 1.807) is 6.33 Å². The predicted molar refractivity (Wildman–Crippen MR) is 67.5 cm³/mol. The van der Waals surface area contributed by atoms with Gasteiger partial charge in [-0.25, -0.2) is 4.98 Å². The van der Waals surface area contributed by atoms with Gasteiger partial charge in [-0.05, 0) is 6.42 Å². The molecule has 1 unspecified atom stereocenters. The second kappa shape index (κ2) is 3.95. The number of allylic oxidation sites excluding steroid dienone is 1. The van der Waals surface area contributed by atoms with Crippen molar-refractivity contribution in [2.45, 2.75) is 12.5 Å². The van der Waals surface area contributed by atoms with Gasteiger partial charge in [0, 0.05) is 12.5 Å². The lowest BCUT2D eigenvalue weighted by Crippen LogP contribution is -2.09. The van der Waals surface area contributed by atoms with Crippen molar-refractivity contribution >= 4 is 22.9 Å². The fourth-order valence-corrected chi connectivity index (χ4v) is 2.29. The smallest absolute Gasteiger partial charge is 0.224 e. The van der Waals surface area contributed by atoms with E-state index < -0.39 is 0 Å². The Morgan fingerprint density at radius 3 is 2.89 bits per heavy atom. The van der Waals surface area contributed by atoms with Crippen molar-refractivity contribution in [1.29, 1.82) is 0 Å². The summed E-state index contributed by atoms with van der Waals surface area (Å²) in [5.41, 5.74) is 12.6. The van der Waals surface area contributed by atoms with Gasteiger partial charge in [0.1, 0.15) is 5.52 Å². The van der Waals surface area contributed by atoms with Crippen LogP contribution in [0.2, 0.25) is 0 Å².